The van der Waals surface area contributed by atoms with Crippen LogP contribution in [-0.4, -0.2) is 26.0 Å². The maximum absolute atomic E-state index is 11.1. The molecule has 0 aliphatic rings. The quantitative estimate of drug-likeness (QED) is 0.869. The molecule has 2 rings (SSSR count). The molecular formula is C13H17N3O2. The number of nitrogens with one attached hydrogen (secondary N) is 1. The number of rotatable bonds is 3. The minimum atomic E-state index is -1.02. The number of aromatic carboxylic acids is 1. The van der Waals surface area contributed by atoms with E-state index in [1.807, 2.05) is 12.1 Å². The fourth-order valence-corrected chi connectivity index (χ4v) is 1.73. The Kier molecular flexibility index (Phi) is 3.09. The van der Waals surface area contributed by atoms with Crippen molar-refractivity contribution < 1.29 is 9.90 Å². The van der Waals surface area contributed by atoms with Crippen LogP contribution in [-0.2, 0) is 6.54 Å². The van der Waals surface area contributed by atoms with Crippen LogP contribution in [0.2, 0.25) is 0 Å². The minimum Gasteiger partial charge on any atom is -0.475 e. The van der Waals surface area contributed by atoms with Gasteiger partial charge in [-0.05, 0) is 32.9 Å². The number of carboxylic acids is 1. The average molecular weight is 247 g/mol. The second-order valence-electron chi connectivity index (χ2n) is 5.25. The lowest BCUT2D eigenvalue weighted by Gasteiger charge is -2.19. The van der Waals surface area contributed by atoms with E-state index in [1.165, 1.54) is 0 Å². The number of hydrogen-bond acceptors (Lipinski definition) is 3. The molecule has 96 valence electrons. The SMILES string of the molecule is CC(C)(C)NCc1nc(C(=O)O)n2ccccc12. The summed E-state index contributed by atoms with van der Waals surface area (Å²) >= 11 is 0. The molecule has 0 atom stereocenters. The van der Waals surface area contributed by atoms with Gasteiger partial charge in [0.25, 0.3) is 0 Å². The van der Waals surface area contributed by atoms with Crippen LogP contribution in [0.15, 0.2) is 24.4 Å². The van der Waals surface area contributed by atoms with Crippen molar-refractivity contribution in [2.24, 2.45) is 0 Å². The molecule has 5 nitrogen and oxygen atoms in total. The molecule has 0 amide bonds. The topological polar surface area (TPSA) is 66.6 Å². The van der Waals surface area contributed by atoms with Crippen LogP contribution in [0.4, 0.5) is 0 Å². The maximum Gasteiger partial charge on any atom is 0.372 e. The van der Waals surface area contributed by atoms with Gasteiger partial charge in [0, 0.05) is 18.3 Å². The lowest BCUT2D eigenvalue weighted by atomic mass is 10.1. The number of fused-ring (bicyclic) bond motifs is 1. The summed E-state index contributed by atoms with van der Waals surface area (Å²) < 4.78 is 1.60. The molecule has 0 aromatic carbocycles. The van der Waals surface area contributed by atoms with Crippen LogP contribution in [0.25, 0.3) is 5.52 Å². The van der Waals surface area contributed by atoms with Gasteiger partial charge in [0.2, 0.25) is 5.82 Å². The van der Waals surface area contributed by atoms with Gasteiger partial charge in [-0.25, -0.2) is 9.78 Å². The summed E-state index contributed by atoms with van der Waals surface area (Å²) in [5.41, 5.74) is 1.54. The molecule has 2 heterocycles. The van der Waals surface area contributed by atoms with Gasteiger partial charge >= 0.3 is 5.97 Å². The molecule has 0 fully saturated rings. The Labute approximate surface area is 105 Å². The monoisotopic (exact) mass is 247 g/mol. The van der Waals surface area contributed by atoms with Crippen LogP contribution in [0.1, 0.15) is 37.1 Å². The Morgan fingerprint density at radius 3 is 2.78 bits per heavy atom. The van der Waals surface area contributed by atoms with Crippen LogP contribution in [0, 0.1) is 0 Å². The predicted octanol–water partition coefficient (Wildman–Crippen LogP) is 1.92. The Morgan fingerprint density at radius 1 is 1.44 bits per heavy atom. The lowest BCUT2D eigenvalue weighted by Crippen LogP contribution is -2.35. The van der Waals surface area contributed by atoms with Gasteiger partial charge in [-0.15, -0.1) is 0 Å². The van der Waals surface area contributed by atoms with Crippen LogP contribution < -0.4 is 5.32 Å². The van der Waals surface area contributed by atoms with E-state index in [0.29, 0.717) is 6.54 Å². The van der Waals surface area contributed by atoms with E-state index in [0.717, 1.165) is 11.2 Å². The maximum atomic E-state index is 11.1. The summed E-state index contributed by atoms with van der Waals surface area (Å²) in [6.45, 7) is 6.72. The number of carboxylic acid groups (broad SMARTS) is 1. The molecule has 0 aliphatic heterocycles. The van der Waals surface area contributed by atoms with Crippen LogP contribution >= 0.6 is 0 Å². The first-order valence-corrected chi connectivity index (χ1v) is 5.83. The van der Waals surface area contributed by atoms with Gasteiger partial charge in [-0.3, -0.25) is 4.40 Å². The highest BCUT2D eigenvalue weighted by molar-refractivity contribution is 5.85. The smallest absolute Gasteiger partial charge is 0.372 e. The third kappa shape index (κ3) is 2.51. The molecule has 0 radical (unpaired) electrons. The highest BCUT2D eigenvalue weighted by Gasteiger charge is 2.17. The van der Waals surface area contributed by atoms with Gasteiger partial charge in [0.15, 0.2) is 0 Å². The van der Waals surface area contributed by atoms with Crippen LogP contribution in [0.3, 0.4) is 0 Å². The van der Waals surface area contributed by atoms with Gasteiger partial charge < -0.3 is 10.4 Å². The first-order valence-electron chi connectivity index (χ1n) is 5.83. The fourth-order valence-electron chi connectivity index (χ4n) is 1.73. The Balaban J connectivity index is 2.42. The summed E-state index contributed by atoms with van der Waals surface area (Å²) in [7, 11) is 0. The largest absolute Gasteiger partial charge is 0.475 e. The Morgan fingerprint density at radius 2 is 2.17 bits per heavy atom. The molecule has 0 saturated heterocycles. The van der Waals surface area contributed by atoms with Crippen molar-refractivity contribution in [3.8, 4) is 0 Å². The third-order valence-corrected chi connectivity index (χ3v) is 2.60. The Hall–Kier alpha value is -1.88. The summed E-state index contributed by atoms with van der Waals surface area (Å²) in [4.78, 5) is 15.3. The second-order valence-corrected chi connectivity index (χ2v) is 5.25. The molecule has 0 unspecified atom stereocenters. The minimum absolute atomic E-state index is 0.0336. The first-order chi connectivity index (χ1) is 8.38. The first kappa shape index (κ1) is 12.6. The summed E-state index contributed by atoms with van der Waals surface area (Å²) in [5, 5.41) is 12.4. The molecule has 0 bridgehead atoms. The summed E-state index contributed by atoms with van der Waals surface area (Å²) in [6.07, 6.45) is 1.71. The number of hydrogen-bond donors (Lipinski definition) is 2. The lowest BCUT2D eigenvalue weighted by molar-refractivity contribution is 0.0682. The molecule has 2 aromatic heterocycles. The zero-order valence-electron chi connectivity index (χ0n) is 10.8. The third-order valence-electron chi connectivity index (χ3n) is 2.60. The van der Waals surface area contributed by atoms with Gasteiger partial charge in [0.05, 0.1) is 11.2 Å². The number of aromatic nitrogens is 2. The number of nitrogens with zero attached hydrogens (tertiary/aromatic N) is 2. The van der Waals surface area contributed by atoms with Crippen LogP contribution in [0.5, 0.6) is 0 Å². The molecule has 18 heavy (non-hydrogen) atoms. The number of imidazole rings is 1. The number of carbonyl (C=O) groups is 1. The molecule has 5 heteroatoms. The van der Waals surface area contributed by atoms with E-state index in [2.05, 4.69) is 31.1 Å². The zero-order valence-corrected chi connectivity index (χ0v) is 10.8. The van der Waals surface area contributed by atoms with Crippen molar-refractivity contribution in [1.82, 2.24) is 14.7 Å². The van der Waals surface area contributed by atoms with E-state index in [4.69, 9.17) is 5.11 Å². The highest BCUT2D eigenvalue weighted by Crippen LogP contribution is 2.14. The molecular weight excluding hydrogens is 230 g/mol. The number of pyridine rings is 1. The van der Waals surface area contributed by atoms with Crippen molar-refractivity contribution >= 4 is 11.5 Å². The van der Waals surface area contributed by atoms with E-state index in [-0.39, 0.29) is 11.4 Å². The summed E-state index contributed by atoms with van der Waals surface area (Å²) in [5.74, 6) is -0.963. The molecule has 0 spiro atoms. The normalized spacial score (nSPS) is 11.9. The summed E-state index contributed by atoms with van der Waals surface area (Å²) in [6, 6.07) is 5.55. The predicted molar refractivity (Wildman–Crippen MR) is 68.7 cm³/mol. The van der Waals surface area contributed by atoms with Crippen molar-refractivity contribution in [3.05, 3.63) is 35.9 Å². The zero-order chi connectivity index (χ0) is 13.3. The second kappa shape index (κ2) is 4.42. The van der Waals surface area contributed by atoms with Crippen molar-refractivity contribution in [2.75, 3.05) is 0 Å². The molecule has 2 aromatic rings. The molecule has 0 saturated carbocycles. The van der Waals surface area contributed by atoms with Gasteiger partial charge in [0.1, 0.15) is 0 Å². The fraction of sp³-hybridized carbons (Fsp3) is 0.385. The van der Waals surface area contributed by atoms with Crippen molar-refractivity contribution in [3.63, 3.8) is 0 Å². The average Bonchev–Trinajstić information content (AvgIpc) is 2.64. The van der Waals surface area contributed by atoms with E-state index in [1.54, 1.807) is 16.7 Å². The van der Waals surface area contributed by atoms with Crippen molar-refractivity contribution in [1.29, 1.82) is 0 Å². The standard InChI is InChI=1S/C13H17N3O2/c1-13(2,3)14-8-9-10-6-4-5-7-16(10)11(15-9)12(17)18/h4-7,14H,8H2,1-3H3,(H,17,18). The van der Waals surface area contributed by atoms with Gasteiger partial charge in [-0.1, -0.05) is 6.07 Å². The van der Waals surface area contributed by atoms with Crippen molar-refractivity contribution in [2.45, 2.75) is 32.9 Å². The highest BCUT2D eigenvalue weighted by atomic mass is 16.4. The van der Waals surface area contributed by atoms with E-state index >= 15 is 0 Å². The van der Waals surface area contributed by atoms with E-state index in [9.17, 15) is 4.79 Å². The van der Waals surface area contributed by atoms with Gasteiger partial charge in [-0.2, -0.15) is 0 Å². The van der Waals surface area contributed by atoms with E-state index < -0.39 is 5.97 Å². The Bertz CT molecular complexity index is 581. The molecule has 0 aliphatic carbocycles. The molecule has 2 N–H and O–H groups in total.